The molecule has 1 unspecified atom stereocenters. The van der Waals surface area contributed by atoms with E-state index in [4.69, 9.17) is 14.6 Å². The molecule has 1 N–H and O–H groups in total. The number of hydrogen-bond donors (Lipinski definition) is 1. The lowest BCUT2D eigenvalue weighted by Gasteiger charge is -2.07. The van der Waals surface area contributed by atoms with E-state index in [0.29, 0.717) is 13.2 Å². The SMILES string of the molecule is CC(O)C(=O)OCCOCc1ccccc1. The summed E-state index contributed by atoms with van der Waals surface area (Å²) in [6.45, 7) is 2.35. The van der Waals surface area contributed by atoms with Gasteiger partial charge >= 0.3 is 5.97 Å². The Labute approximate surface area is 94.8 Å². The lowest BCUT2D eigenvalue weighted by atomic mass is 10.2. The molecule has 0 bridgehead atoms. The number of ether oxygens (including phenoxy) is 2. The van der Waals surface area contributed by atoms with Crippen LogP contribution in [0.3, 0.4) is 0 Å². The van der Waals surface area contributed by atoms with E-state index in [2.05, 4.69) is 0 Å². The summed E-state index contributed by atoms with van der Waals surface area (Å²) >= 11 is 0. The zero-order chi connectivity index (χ0) is 11.8. The minimum atomic E-state index is -1.07. The summed E-state index contributed by atoms with van der Waals surface area (Å²) < 4.78 is 10.0. The molecule has 0 amide bonds. The summed E-state index contributed by atoms with van der Waals surface area (Å²) in [7, 11) is 0. The second-order valence-corrected chi connectivity index (χ2v) is 3.38. The number of aliphatic hydroxyl groups excluding tert-OH is 1. The van der Waals surface area contributed by atoms with Crippen LogP contribution in [0.15, 0.2) is 30.3 Å². The van der Waals surface area contributed by atoms with Gasteiger partial charge in [0.15, 0.2) is 0 Å². The van der Waals surface area contributed by atoms with Crippen molar-refractivity contribution in [1.82, 2.24) is 0 Å². The highest BCUT2D eigenvalue weighted by Crippen LogP contribution is 2.00. The molecule has 0 saturated carbocycles. The van der Waals surface area contributed by atoms with Crippen molar-refractivity contribution in [2.75, 3.05) is 13.2 Å². The smallest absolute Gasteiger partial charge is 0.334 e. The Morgan fingerprint density at radius 1 is 1.31 bits per heavy atom. The topological polar surface area (TPSA) is 55.8 Å². The molecule has 1 aromatic carbocycles. The van der Waals surface area contributed by atoms with E-state index in [1.54, 1.807) is 0 Å². The van der Waals surface area contributed by atoms with Crippen molar-refractivity contribution in [2.24, 2.45) is 0 Å². The maximum absolute atomic E-state index is 10.8. The lowest BCUT2D eigenvalue weighted by molar-refractivity contribution is -0.154. The molecule has 4 heteroatoms. The van der Waals surface area contributed by atoms with Gasteiger partial charge in [0.1, 0.15) is 12.7 Å². The number of carbonyl (C=O) groups is 1. The van der Waals surface area contributed by atoms with Gasteiger partial charge in [-0.05, 0) is 12.5 Å². The predicted octanol–water partition coefficient (Wildman–Crippen LogP) is 1.13. The van der Waals surface area contributed by atoms with Gasteiger partial charge in [0.25, 0.3) is 0 Å². The molecule has 0 saturated heterocycles. The van der Waals surface area contributed by atoms with Crippen LogP contribution in [0.2, 0.25) is 0 Å². The van der Waals surface area contributed by atoms with Gasteiger partial charge in [-0.25, -0.2) is 4.79 Å². The monoisotopic (exact) mass is 224 g/mol. The zero-order valence-electron chi connectivity index (χ0n) is 9.26. The molecule has 16 heavy (non-hydrogen) atoms. The molecule has 1 aromatic rings. The summed E-state index contributed by atoms with van der Waals surface area (Å²) in [6.07, 6.45) is -1.07. The second kappa shape index (κ2) is 6.98. The van der Waals surface area contributed by atoms with Crippen LogP contribution in [-0.4, -0.2) is 30.4 Å². The Balaban J connectivity index is 2.07. The molecular weight excluding hydrogens is 208 g/mol. The van der Waals surface area contributed by atoms with Crippen LogP contribution in [0.4, 0.5) is 0 Å². The number of carbonyl (C=O) groups excluding carboxylic acids is 1. The normalized spacial score (nSPS) is 12.1. The van der Waals surface area contributed by atoms with Gasteiger partial charge in [0.05, 0.1) is 13.2 Å². The number of rotatable bonds is 6. The van der Waals surface area contributed by atoms with Crippen molar-refractivity contribution in [3.05, 3.63) is 35.9 Å². The Morgan fingerprint density at radius 2 is 2.00 bits per heavy atom. The molecule has 1 atom stereocenters. The van der Waals surface area contributed by atoms with Gasteiger partial charge in [-0.15, -0.1) is 0 Å². The molecule has 0 aliphatic carbocycles. The maximum Gasteiger partial charge on any atom is 0.334 e. The van der Waals surface area contributed by atoms with Crippen LogP contribution in [0.5, 0.6) is 0 Å². The van der Waals surface area contributed by atoms with Crippen LogP contribution in [0.25, 0.3) is 0 Å². The van der Waals surface area contributed by atoms with Crippen molar-refractivity contribution in [2.45, 2.75) is 19.6 Å². The fraction of sp³-hybridized carbons (Fsp3) is 0.417. The van der Waals surface area contributed by atoms with Gasteiger partial charge in [-0.2, -0.15) is 0 Å². The van der Waals surface area contributed by atoms with Gasteiger partial charge in [-0.1, -0.05) is 30.3 Å². The van der Waals surface area contributed by atoms with Crippen molar-refractivity contribution in [1.29, 1.82) is 0 Å². The predicted molar refractivity (Wildman–Crippen MR) is 58.7 cm³/mol. The van der Waals surface area contributed by atoms with Crippen molar-refractivity contribution in [3.8, 4) is 0 Å². The van der Waals surface area contributed by atoms with Gasteiger partial charge in [0, 0.05) is 0 Å². The average molecular weight is 224 g/mol. The largest absolute Gasteiger partial charge is 0.461 e. The first-order valence-electron chi connectivity index (χ1n) is 5.16. The molecule has 88 valence electrons. The molecule has 0 aliphatic heterocycles. The first-order chi connectivity index (χ1) is 7.70. The van der Waals surface area contributed by atoms with Crippen LogP contribution < -0.4 is 0 Å². The van der Waals surface area contributed by atoms with Crippen molar-refractivity contribution in [3.63, 3.8) is 0 Å². The third-order valence-corrected chi connectivity index (χ3v) is 1.92. The molecule has 1 rings (SSSR count). The standard InChI is InChI=1S/C12H16O4/c1-10(13)12(14)16-8-7-15-9-11-5-3-2-4-6-11/h2-6,10,13H,7-9H2,1H3. The van der Waals surface area contributed by atoms with E-state index in [1.807, 2.05) is 30.3 Å². The Kier molecular flexibility index (Phi) is 5.53. The first-order valence-corrected chi connectivity index (χ1v) is 5.16. The van der Waals surface area contributed by atoms with Crippen LogP contribution in [0.1, 0.15) is 12.5 Å². The quantitative estimate of drug-likeness (QED) is 0.581. The van der Waals surface area contributed by atoms with E-state index in [-0.39, 0.29) is 6.61 Å². The summed E-state index contributed by atoms with van der Waals surface area (Å²) in [5.74, 6) is -0.622. The summed E-state index contributed by atoms with van der Waals surface area (Å²) in [6, 6.07) is 9.73. The fourth-order valence-electron chi connectivity index (χ4n) is 1.09. The minimum Gasteiger partial charge on any atom is -0.461 e. The van der Waals surface area contributed by atoms with Crippen LogP contribution >= 0.6 is 0 Å². The molecule has 0 heterocycles. The van der Waals surface area contributed by atoms with Gasteiger partial charge in [-0.3, -0.25) is 0 Å². The molecule has 0 aromatic heterocycles. The lowest BCUT2D eigenvalue weighted by Crippen LogP contribution is -2.21. The Morgan fingerprint density at radius 3 is 2.62 bits per heavy atom. The van der Waals surface area contributed by atoms with Crippen LogP contribution in [0, 0.1) is 0 Å². The number of benzene rings is 1. The van der Waals surface area contributed by atoms with Crippen LogP contribution in [-0.2, 0) is 20.9 Å². The molecule has 4 nitrogen and oxygen atoms in total. The highest BCUT2D eigenvalue weighted by molar-refractivity contribution is 5.73. The number of esters is 1. The Bertz CT molecular complexity index is 308. The highest BCUT2D eigenvalue weighted by Gasteiger charge is 2.08. The fourth-order valence-corrected chi connectivity index (χ4v) is 1.09. The average Bonchev–Trinajstić information content (AvgIpc) is 2.29. The summed E-state index contributed by atoms with van der Waals surface area (Å²) in [4.78, 5) is 10.8. The van der Waals surface area contributed by atoms with E-state index in [9.17, 15) is 4.79 Å². The summed E-state index contributed by atoms with van der Waals surface area (Å²) in [5, 5.41) is 8.84. The summed E-state index contributed by atoms with van der Waals surface area (Å²) in [5.41, 5.74) is 1.07. The second-order valence-electron chi connectivity index (χ2n) is 3.38. The zero-order valence-corrected chi connectivity index (χ0v) is 9.26. The molecule has 0 radical (unpaired) electrons. The molecular formula is C12H16O4. The number of aliphatic hydroxyl groups is 1. The highest BCUT2D eigenvalue weighted by atomic mass is 16.6. The number of hydrogen-bond acceptors (Lipinski definition) is 4. The molecule has 0 aliphatic rings. The molecule has 0 fully saturated rings. The van der Waals surface area contributed by atoms with Gasteiger partial charge in [0.2, 0.25) is 0 Å². The van der Waals surface area contributed by atoms with E-state index in [0.717, 1.165) is 5.56 Å². The van der Waals surface area contributed by atoms with E-state index in [1.165, 1.54) is 6.92 Å². The first kappa shape index (κ1) is 12.7. The Hall–Kier alpha value is -1.39. The third-order valence-electron chi connectivity index (χ3n) is 1.92. The minimum absolute atomic E-state index is 0.163. The van der Waals surface area contributed by atoms with Crippen molar-refractivity contribution >= 4 is 5.97 Å². The third kappa shape index (κ3) is 4.91. The van der Waals surface area contributed by atoms with Crippen molar-refractivity contribution < 1.29 is 19.4 Å². The molecule has 0 spiro atoms. The van der Waals surface area contributed by atoms with Gasteiger partial charge < -0.3 is 14.6 Å². The van der Waals surface area contributed by atoms with E-state index < -0.39 is 12.1 Å². The van der Waals surface area contributed by atoms with E-state index >= 15 is 0 Å². The maximum atomic E-state index is 10.8.